The molecule has 0 saturated carbocycles. The molecule has 32 heavy (non-hydrogen) atoms. The summed E-state index contributed by atoms with van der Waals surface area (Å²) in [6, 6.07) is 13.2. The number of thiophene rings is 1. The van der Waals surface area contributed by atoms with E-state index in [9.17, 15) is 13.2 Å². The van der Waals surface area contributed by atoms with Crippen LogP contribution in [0.1, 0.15) is 11.1 Å². The summed E-state index contributed by atoms with van der Waals surface area (Å²) in [6.07, 6.45) is 5.36. The maximum absolute atomic E-state index is 13.0. The standard InChI is InChI=1S/C22H23N3O5S2/c26-21(23-27)7-3-18-9-10-25(16-18)32(28,29)22-8-6-20(31-22)19-4-1-17(2-5-19)15-24-11-13-30-14-12-24/h1-10,16,27H,11-15H2,(H,23,26). The molecule has 0 atom stereocenters. The Kier molecular flexibility index (Phi) is 6.87. The first kappa shape index (κ1) is 22.4. The molecule has 2 N–H and O–H groups in total. The Bertz CT molecular complexity index is 1210. The summed E-state index contributed by atoms with van der Waals surface area (Å²) in [5.41, 5.74) is 4.18. The Morgan fingerprint density at radius 3 is 2.59 bits per heavy atom. The second kappa shape index (κ2) is 9.80. The van der Waals surface area contributed by atoms with E-state index in [0.29, 0.717) is 5.56 Å². The maximum atomic E-state index is 13.0. The summed E-state index contributed by atoms with van der Waals surface area (Å²) in [5.74, 6) is -0.695. The minimum absolute atomic E-state index is 0.226. The first-order valence-electron chi connectivity index (χ1n) is 10.0. The van der Waals surface area contributed by atoms with Gasteiger partial charge in [-0.2, -0.15) is 8.42 Å². The first-order chi connectivity index (χ1) is 15.5. The molecule has 0 radical (unpaired) electrons. The van der Waals surface area contributed by atoms with Crippen molar-refractivity contribution in [3.05, 3.63) is 72.1 Å². The zero-order valence-corrected chi connectivity index (χ0v) is 18.8. The van der Waals surface area contributed by atoms with Crippen LogP contribution in [0, 0.1) is 0 Å². The van der Waals surface area contributed by atoms with Gasteiger partial charge in [-0.15, -0.1) is 11.3 Å². The molecular formula is C22H23N3O5S2. The second-order valence-corrected chi connectivity index (χ2v) is 10.4. The number of morpholine rings is 1. The van der Waals surface area contributed by atoms with Gasteiger partial charge in [0.2, 0.25) is 0 Å². The summed E-state index contributed by atoms with van der Waals surface area (Å²) in [4.78, 5) is 14.3. The highest BCUT2D eigenvalue weighted by Crippen LogP contribution is 2.32. The number of hydrogen-bond acceptors (Lipinski definition) is 7. The summed E-state index contributed by atoms with van der Waals surface area (Å²) < 4.78 is 32.7. The number of carbonyl (C=O) groups excluding carboxylic acids is 1. The smallest absolute Gasteiger partial charge is 0.277 e. The van der Waals surface area contributed by atoms with Crippen LogP contribution in [0.15, 0.2) is 65.1 Å². The Labute approximate surface area is 190 Å². The number of rotatable bonds is 7. The molecular weight excluding hydrogens is 450 g/mol. The van der Waals surface area contributed by atoms with Crippen molar-refractivity contribution < 1.29 is 23.2 Å². The third-order valence-corrected chi connectivity index (χ3v) is 8.33. The van der Waals surface area contributed by atoms with Gasteiger partial charge in [0.1, 0.15) is 4.21 Å². The molecule has 1 aliphatic rings. The average Bonchev–Trinajstić information content (AvgIpc) is 3.49. The topological polar surface area (TPSA) is 101 Å². The average molecular weight is 474 g/mol. The summed E-state index contributed by atoms with van der Waals surface area (Å²) in [7, 11) is -3.74. The largest absolute Gasteiger partial charge is 0.379 e. The molecule has 168 valence electrons. The Morgan fingerprint density at radius 1 is 1.12 bits per heavy atom. The van der Waals surface area contributed by atoms with Crippen molar-refractivity contribution in [2.24, 2.45) is 0 Å². The molecule has 0 aliphatic carbocycles. The number of benzene rings is 1. The van der Waals surface area contributed by atoms with Gasteiger partial charge >= 0.3 is 0 Å². The van der Waals surface area contributed by atoms with E-state index in [1.165, 1.54) is 40.9 Å². The summed E-state index contributed by atoms with van der Waals surface area (Å²) in [6.45, 7) is 4.26. The van der Waals surface area contributed by atoms with Crippen molar-refractivity contribution in [3.63, 3.8) is 0 Å². The quantitative estimate of drug-likeness (QED) is 0.311. The van der Waals surface area contributed by atoms with Crippen molar-refractivity contribution in [2.45, 2.75) is 10.8 Å². The number of hydrogen-bond donors (Lipinski definition) is 2. The normalized spacial score (nSPS) is 15.3. The molecule has 3 heterocycles. The molecule has 4 rings (SSSR count). The number of carbonyl (C=O) groups is 1. The van der Waals surface area contributed by atoms with Crippen LogP contribution in [0.3, 0.4) is 0 Å². The maximum Gasteiger partial charge on any atom is 0.277 e. The highest BCUT2D eigenvalue weighted by atomic mass is 32.2. The van der Waals surface area contributed by atoms with Gasteiger partial charge in [0.05, 0.1) is 13.2 Å². The Morgan fingerprint density at radius 2 is 1.88 bits per heavy atom. The van der Waals surface area contributed by atoms with Gasteiger partial charge in [-0.25, -0.2) is 9.45 Å². The molecule has 1 saturated heterocycles. The molecule has 10 heteroatoms. The van der Waals surface area contributed by atoms with Crippen molar-refractivity contribution >= 4 is 33.3 Å². The van der Waals surface area contributed by atoms with Crippen LogP contribution in [0.4, 0.5) is 0 Å². The molecule has 2 aromatic heterocycles. The van der Waals surface area contributed by atoms with Gasteiger partial charge in [-0.05, 0) is 41.0 Å². The van der Waals surface area contributed by atoms with Crippen LogP contribution in [-0.4, -0.2) is 54.7 Å². The first-order valence-corrected chi connectivity index (χ1v) is 12.3. The van der Waals surface area contributed by atoms with Gasteiger partial charge in [0, 0.05) is 43.0 Å². The number of aromatic nitrogens is 1. The van der Waals surface area contributed by atoms with Gasteiger partial charge in [-0.3, -0.25) is 14.9 Å². The molecule has 0 unspecified atom stereocenters. The Balaban J connectivity index is 1.47. The number of hydroxylamine groups is 1. The SMILES string of the molecule is O=C(C=Cc1ccn(S(=O)(=O)c2ccc(-c3ccc(CN4CCOCC4)cc3)s2)c1)NO. The van der Waals surface area contributed by atoms with Gasteiger partial charge < -0.3 is 4.74 Å². The number of nitrogens with zero attached hydrogens (tertiary/aromatic N) is 2. The Hall–Kier alpha value is -2.76. The van der Waals surface area contributed by atoms with Crippen LogP contribution in [-0.2, 0) is 26.1 Å². The lowest BCUT2D eigenvalue weighted by Gasteiger charge is -2.26. The fraction of sp³-hybridized carbons (Fsp3) is 0.227. The van der Waals surface area contributed by atoms with Gasteiger partial charge in [0.25, 0.3) is 15.9 Å². The zero-order chi connectivity index (χ0) is 22.6. The highest BCUT2D eigenvalue weighted by Gasteiger charge is 2.20. The molecule has 0 spiro atoms. The van der Waals surface area contributed by atoms with Crippen LogP contribution in [0.25, 0.3) is 16.5 Å². The van der Waals surface area contributed by atoms with Crippen LogP contribution in [0.5, 0.6) is 0 Å². The van der Waals surface area contributed by atoms with Crippen molar-refractivity contribution in [1.82, 2.24) is 14.4 Å². The predicted octanol–water partition coefficient (Wildman–Crippen LogP) is 2.80. The predicted molar refractivity (Wildman–Crippen MR) is 122 cm³/mol. The third kappa shape index (κ3) is 5.17. The summed E-state index contributed by atoms with van der Waals surface area (Å²) in [5, 5.41) is 8.52. The van der Waals surface area contributed by atoms with E-state index in [1.807, 2.05) is 18.2 Å². The molecule has 3 aromatic rings. The molecule has 1 amide bonds. The summed E-state index contributed by atoms with van der Waals surface area (Å²) >= 11 is 1.21. The van der Waals surface area contributed by atoms with Crippen molar-refractivity contribution in [2.75, 3.05) is 26.3 Å². The lowest BCUT2D eigenvalue weighted by molar-refractivity contribution is -0.124. The van der Waals surface area contributed by atoms with Crippen molar-refractivity contribution in [1.29, 1.82) is 0 Å². The second-order valence-electron chi connectivity index (χ2n) is 7.29. The van der Waals surface area contributed by atoms with Gasteiger partial charge in [0.15, 0.2) is 0 Å². The van der Waals surface area contributed by atoms with Crippen LogP contribution >= 0.6 is 11.3 Å². The lowest BCUT2D eigenvalue weighted by Crippen LogP contribution is -2.35. The lowest BCUT2D eigenvalue weighted by atomic mass is 10.1. The molecule has 8 nitrogen and oxygen atoms in total. The van der Waals surface area contributed by atoms with E-state index in [-0.39, 0.29) is 4.21 Å². The van der Waals surface area contributed by atoms with E-state index in [4.69, 9.17) is 9.94 Å². The minimum atomic E-state index is -3.74. The molecule has 0 bridgehead atoms. The van der Waals surface area contributed by atoms with E-state index >= 15 is 0 Å². The molecule has 1 aliphatic heterocycles. The van der Waals surface area contributed by atoms with Crippen LogP contribution in [0.2, 0.25) is 0 Å². The molecule has 1 fully saturated rings. The minimum Gasteiger partial charge on any atom is -0.379 e. The number of nitrogens with one attached hydrogen (secondary N) is 1. The monoisotopic (exact) mass is 473 g/mol. The fourth-order valence-corrected chi connectivity index (χ4v) is 5.98. The fourth-order valence-electron chi connectivity index (χ4n) is 3.36. The van der Waals surface area contributed by atoms with E-state index in [0.717, 1.165) is 53.3 Å². The highest BCUT2D eigenvalue weighted by molar-refractivity contribution is 7.92. The van der Waals surface area contributed by atoms with E-state index < -0.39 is 15.9 Å². The van der Waals surface area contributed by atoms with E-state index in [1.54, 1.807) is 12.1 Å². The van der Waals surface area contributed by atoms with Crippen molar-refractivity contribution in [3.8, 4) is 10.4 Å². The number of amides is 1. The third-order valence-electron chi connectivity index (χ3n) is 5.09. The van der Waals surface area contributed by atoms with Gasteiger partial charge in [-0.1, -0.05) is 24.3 Å². The zero-order valence-electron chi connectivity index (χ0n) is 17.2. The van der Waals surface area contributed by atoms with E-state index in [2.05, 4.69) is 17.0 Å². The number of ether oxygens (including phenoxy) is 1. The molecule has 1 aromatic carbocycles. The van der Waals surface area contributed by atoms with Crippen LogP contribution < -0.4 is 5.48 Å².